The van der Waals surface area contributed by atoms with Crippen LogP contribution in [0.15, 0.2) is 12.1 Å². The van der Waals surface area contributed by atoms with Crippen molar-refractivity contribution in [2.75, 3.05) is 5.32 Å². The lowest BCUT2D eigenvalue weighted by Crippen LogP contribution is -2.16. The monoisotopic (exact) mass is 207 g/mol. The van der Waals surface area contributed by atoms with Crippen LogP contribution in [0.1, 0.15) is 36.2 Å². The highest BCUT2D eigenvalue weighted by Gasteiger charge is 2.15. The average Bonchev–Trinajstić information content (AvgIpc) is 2.71. The third kappa shape index (κ3) is 2.43. The molecule has 5 nitrogen and oxygen atoms in total. The Hall–Kier alpha value is -1.65. The van der Waals surface area contributed by atoms with E-state index in [1.165, 1.54) is 18.9 Å². The predicted molar refractivity (Wildman–Crippen MR) is 54.9 cm³/mol. The standard InChI is InChI=1S/C10H13N3O2/c14-10(15)8-5-6-9(13-12-8)11-7-3-1-2-4-7/h5-7H,1-4H2,(H,11,13)(H,14,15). The normalized spacial score (nSPS) is 16.5. The molecule has 0 spiro atoms. The molecular weight excluding hydrogens is 194 g/mol. The van der Waals surface area contributed by atoms with Crippen molar-refractivity contribution in [1.82, 2.24) is 10.2 Å². The van der Waals surface area contributed by atoms with Crippen LogP contribution in [0.3, 0.4) is 0 Å². The van der Waals surface area contributed by atoms with Crippen LogP contribution in [0.25, 0.3) is 0 Å². The Labute approximate surface area is 87.5 Å². The Morgan fingerprint density at radius 1 is 1.33 bits per heavy atom. The molecule has 0 aromatic carbocycles. The lowest BCUT2D eigenvalue weighted by Gasteiger charge is -2.11. The quantitative estimate of drug-likeness (QED) is 0.786. The number of hydrogen-bond donors (Lipinski definition) is 2. The van der Waals surface area contributed by atoms with Crippen LogP contribution < -0.4 is 5.32 Å². The second-order valence-corrected chi connectivity index (χ2v) is 3.73. The zero-order valence-electron chi connectivity index (χ0n) is 8.31. The van der Waals surface area contributed by atoms with Gasteiger partial charge in [0.05, 0.1) is 0 Å². The molecule has 1 aliphatic rings. The average molecular weight is 207 g/mol. The molecule has 1 aliphatic carbocycles. The molecule has 80 valence electrons. The van der Waals surface area contributed by atoms with Crippen LogP contribution in [0, 0.1) is 0 Å². The van der Waals surface area contributed by atoms with E-state index in [9.17, 15) is 4.79 Å². The summed E-state index contributed by atoms with van der Waals surface area (Å²) in [6.07, 6.45) is 4.81. The molecule has 1 saturated carbocycles. The number of nitrogens with one attached hydrogen (secondary N) is 1. The van der Waals surface area contributed by atoms with E-state index < -0.39 is 5.97 Å². The van der Waals surface area contributed by atoms with Crippen molar-refractivity contribution in [1.29, 1.82) is 0 Å². The lowest BCUT2D eigenvalue weighted by molar-refractivity contribution is 0.0689. The van der Waals surface area contributed by atoms with Gasteiger partial charge in [-0.3, -0.25) is 0 Å². The SMILES string of the molecule is O=C(O)c1ccc(NC2CCCC2)nn1. The van der Waals surface area contributed by atoms with Gasteiger partial charge in [-0.2, -0.15) is 0 Å². The summed E-state index contributed by atoms with van der Waals surface area (Å²) < 4.78 is 0. The minimum Gasteiger partial charge on any atom is -0.476 e. The number of nitrogens with zero attached hydrogens (tertiary/aromatic N) is 2. The van der Waals surface area contributed by atoms with Crippen LogP contribution in [-0.4, -0.2) is 27.3 Å². The molecule has 0 aliphatic heterocycles. The fraction of sp³-hybridized carbons (Fsp3) is 0.500. The van der Waals surface area contributed by atoms with E-state index in [4.69, 9.17) is 5.11 Å². The van der Waals surface area contributed by atoms with Crippen LogP contribution in [0.2, 0.25) is 0 Å². The van der Waals surface area contributed by atoms with Crippen LogP contribution in [0.4, 0.5) is 5.82 Å². The molecule has 1 fully saturated rings. The Morgan fingerprint density at radius 3 is 2.60 bits per heavy atom. The van der Waals surface area contributed by atoms with E-state index >= 15 is 0 Å². The predicted octanol–water partition coefficient (Wildman–Crippen LogP) is 1.53. The molecule has 0 atom stereocenters. The molecule has 1 aromatic heterocycles. The first-order chi connectivity index (χ1) is 7.25. The molecular formula is C10H13N3O2. The zero-order chi connectivity index (χ0) is 10.7. The molecule has 2 rings (SSSR count). The number of carboxylic acids is 1. The Kier molecular flexibility index (Phi) is 2.80. The van der Waals surface area contributed by atoms with Gasteiger partial charge in [0.1, 0.15) is 5.82 Å². The van der Waals surface area contributed by atoms with Gasteiger partial charge in [-0.15, -0.1) is 10.2 Å². The van der Waals surface area contributed by atoms with Crippen molar-refractivity contribution in [2.45, 2.75) is 31.7 Å². The number of anilines is 1. The molecule has 15 heavy (non-hydrogen) atoms. The van der Waals surface area contributed by atoms with E-state index in [1.54, 1.807) is 6.07 Å². The summed E-state index contributed by atoms with van der Waals surface area (Å²) in [7, 11) is 0. The number of aromatic nitrogens is 2. The largest absolute Gasteiger partial charge is 0.476 e. The van der Waals surface area contributed by atoms with Gasteiger partial charge in [-0.1, -0.05) is 12.8 Å². The number of hydrogen-bond acceptors (Lipinski definition) is 4. The van der Waals surface area contributed by atoms with Crippen LogP contribution in [-0.2, 0) is 0 Å². The van der Waals surface area contributed by atoms with Gasteiger partial charge >= 0.3 is 5.97 Å². The van der Waals surface area contributed by atoms with E-state index in [2.05, 4.69) is 15.5 Å². The zero-order valence-corrected chi connectivity index (χ0v) is 8.31. The van der Waals surface area contributed by atoms with Crippen LogP contribution in [0.5, 0.6) is 0 Å². The fourth-order valence-corrected chi connectivity index (χ4v) is 1.80. The summed E-state index contributed by atoms with van der Waals surface area (Å²) in [5, 5.41) is 19.3. The highest BCUT2D eigenvalue weighted by molar-refractivity contribution is 5.85. The third-order valence-corrected chi connectivity index (χ3v) is 2.59. The summed E-state index contributed by atoms with van der Waals surface area (Å²) in [5.74, 6) is -0.387. The first-order valence-corrected chi connectivity index (χ1v) is 5.09. The summed E-state index contributed by atoms with van der Waals surface area (Å²) in [6.45, 7) is 0. The van der Waals surface area contributed by atoms with Crippen molar-refractivity contribution in [3.05, 3.63) is 17.8 Å². The molecule has 0 bridgehead atoms. The van der Waals surface area contributed by atoms with Gasteiger partial charge in [0.15, 0.2) is 5.69 Å². The highest BCUT2D eigenvalue weighted by atomic mass is 16.4. The summed E-state index contributed by atoms with van der Waals surface area (Å²) in [4.78, 5) is 10.5. The van der Waals surface area contributed by atoms with Gasteiger partial charge in [0, 0.05) is 6.04 Å². The van der Waals surface area contributed by atoms with Gasteiger partial charge in [0.25, 0.3) is 0 Å². The second-order valence-electron chi connectivity index (χ2n) is 3.73. The molecule has 1 heterocycles. The smallest absolute Gasteiger partial charge is 0.356 e. The fourth-order valence-electron chi connectivity index (χ4n) is 1.80. The Morgan fingerprint density at radius 2 is 2.07 bits per heavy atom. The summed E-state index contributed by atoms with van der Waals surface area (Å²) in [5.41, 5.74) is -0.0213. The number of aromatic carboxylic acids is 1. The lowest BCUT2D eigenvalue weighted by atomic mass is 10.2. The molecule has 0 amide bonds. The van der Waals surface area contributed by atoms with E-state index in [-0.39, 0.29) is 5.69 Å². The second kappa shape index (κ2) is 4.25. The van der Waals surface area contributed by atoms with Gasteiger partial charge < -0.3 is 10.4 Å². The first kappa shape index (κ1) is 9.89. The molecule has 0 radical (unpaired) electrons. The molecule has 0 saturated heterocycles. The van der Waals surface area contributed by atoms with Crippen molar-refractivity contribution in [2.24, 2.45) is 0 Å². The number of rotatable bonds is 3. The van der Waals surface area contributed by atoms with Crippen molar-refractivity contribution in [3.8, 4) is 0 Å². The molecule has 1 aromatic rings. The minimum absolute atomic E-state index is 0.0213. The minimum atomic E-state index is -1.05. The number of carbonyl (C=O) groups is 1. The van der Waals surface area contributed by atoms with Gasteiger partial charge in [-0.05, 0) is 25.0 Å². The van der Waals surface area contributed by atoms with E-state index in [0.717, 1.165) is 12.8 Å². The van der Waals surface area contributed by atoms with E-state index in [1.807, 2.05) is 0 Å². The molecule has 5 heteroatoms. The summed E-state index contributed by atoms with van der Waals surface area (Å²) in [6, 6.07) is 3.59. The molecule has 2 N–H and O–H groups in total. The van der Waals surface area contributed by atoms with E-state index in [0.29, 0.717) is 11.9 Å². The topological polar surface area (TPSA) is 75.1 Å². The highest BCUT2D eigenvalue weighted by Crippen LogP contribution is 2.20. The maximum Gasteiger partial charge on any atom is 0.356 e. The van der Waals surface area contributed by atoms with Crippen molar-refractivity contribution < 1.29 is 9.90 Å². The maximum absolute atomic E-state index is 10.5. The number of carboxylic acid groups (broad SMARTS) is 1. The van der Waals surface area contributed by atoms with Crippen LogP contribution >= 0.6 is 0 Å². The van der Waals surface area contributed by atoms with Crippen molar-refractivity contribution >= 4 is 11.8 Å². The molecule has 0 unspecified atom stereocenters. The maximum atomic E-state index is 10.5. The van der Waals surface area contributed by atoms with Gasteiger partial charge in [-0.25, -0.2) is 4.79 Å². The Balaban J connectivity index is 2.00. The third-order valence-electron chi connectivity index (χ3n) is 2.59. The summed E-state index contributed by atoms with van der Waals surface area (Å²) >= 11 is 0. The van der Waals surface area contributed by atoms with Gasteiger partial charge in [0.2, 0.25) is 0 Å². The van der Waals surface area contributed by atoms with Crippen molar-refractivity contribution in [3.63, 3.8) is 0 Å². The first-order valence-electron chi connectivity index (χ1n) is 5.09. The Bertz CT molecular complexity index is 344.